The lowest BCUT2D eigenvalue weighted by molar-refractivity contribution is -0.384. The van der Waals surface area contributed by atoms with Crippen molar-refractivity contribution >= 4 is 28.1 Å². The fourth-order valence-electron chi connectivity index (χ4n) is 3.38. The fourth-order valence-corrected chi connectivity index (χ4v) is 4.36. The number of nitro benzene ring substituents is 1. The molecule has 0 spiro atoms. The van der Waals surface area contributed by atoms with E-state index in [0.717, 1.165) is 38.0 Å². The first-order valence-corrected chi connectivity index (χ1v) is 9.89. The molecule has 3 aromatic heterocycles. The van der Waals surface area contributed by atoms with Crippen LogP contribution < -0.4 is 0 Å². The van der Waals surface area contributed by atoms with Gasteiger partial charge in [-0.2, -0.15) is 0 Å². The van der Waals surface area contributed by atoms with Crippen LogP contribution in [0.4, 0.5) is 5.69 Å². The Morgan fingerprint density at radius 2 is 1.83 bits per heavy atom. The highest BCUT2D eigenvalue weighted by molar-refractivity contribution is 7.18. The highest BCUT2D eigenvalue weighted by atomic mass is 32.1. The van der Waals surface area contributed by atoms with Crippen LogP contribution in [0, 0.1) is 17.0 Å². The Morgan fingerprint density at radius 3 is 2.62 bits per heavy atom. The molecule has 5 aromatic rings. The number of aromatic amines is 1. The van der Waals surface area contributed by atoms with E-state index >= 15 is 0 Å². The minimum Gasteiger partial charge on any atom is -0.337 e. The SMILES string of the molecule is Cc1ccc2nc(-c3ccc(-c4cccn4-c4ccc([N+](=O)[O-])cc4)s3)[nH]c2c1. The molecule has 0 unspecified atom stereocenters. The molecule has 3 heterocycles. The van der Waals surface area contributed by atoms with Crippen LogP contribution in [0.1, 0.15) is 5.56 Å². The van der Waals surface area contributed by atoms with Gasteiger partial charge in [0.2, 0.25) is 0 Å². The minimum atomic E-state index is -0.388. The normalized spacial score (nSPS) is 11.2. The lowest BCUT2D eigenvalue weighted by atomic mass is 10.2. The van der Waals surface area contributed by atoms with E-state index < -0.39 is 0 Å². The number of imidazole rings is 1. The first-order valence-electron chi connectivity index (χ1n) is 9.08. The number of nitrogens with one attached hydrogen (secondary N) is 1. The van der Waals surface area contributed by atoms with Crippen LogP contribution in [0.25, 0.3) is 38.0 Å². The Morgan fingerprint density at radius 1 is 1.03 bits per heavy atom. The zero-order valence-electron chi connectivity index (χ0n) is 15.5. The molecule has 0 bridgehead atoms. The monoisotopic (exact) mass is 400 g/mol. The van der Waals surface area contributed by atoms with Gasteiger partial charge in [-0.25, -0.2) is 4.98 Å². The number of H-pyrrole nitrogens is 1. The maximum absolute atomic E-state index is 10.9. The van der Waals surface area contributed by atoms with Crippen molar-refractivity contribution in [3.05, 3.63) is 88.6 Å². The molecule has 142 valence electrons. The Balaban J connectivity index is 1.51. The van der Waals surface area contributed by atoms with Gasteiger partial charge in [0.05, 0.1) is 31.4 Å². The molecule has 0 fully saturated rings. The number of rotatable bonds is 4. The summed E-state index contributed by atoms with van der Waals surface area (Å²) in [5.74, 6) is 0.857. The van der Waals surface area contributed by atoms with Gasteiger partial charge >= 0.3 is 0 Å². The fraction of sp³-hybridized carbons (Fsp3) is 0.0455. The first kappa shape index (κ1) is 17.4. The number of fused-ring (bicyclic) bond motifs is 1. The summed E-state index contributed by atoms with van der Waals surface area (Å²) in [6.07, 6.45) is 1.96. The minimum absolute atomic E-state index is 0.0842. The van der Waals surface area contributed by atoms with Crippen molar-refractivity contribution in [2.75, 3.05) is 0 Å². The van der Waals surface area contributed by atoms with Crippen LogP contribution in [0.5, 0.6) is 0 Å². The van der Waals surface area contributed by atoms with Crippen molar-refractivity contribution in [3.8, 4) is 27.0 Å². The summed E-state index contributed by atoms with van der Waals surface area (Å²) >= 11 is 1.66. The summed E-state index contributed by atoms with van der Waals surface area (Å²) < 4.78 is 2.03. The van der Waals surface area contributed by atoms with Crippen molar-refractivity contribution in [2.24, 2.45) is 0 Å². The topological polar surface area (TPSA) is 76.8 Å². The van der Waals surface area contributed by atoms with Crippen LogP contribution in [-0.4, -0.2) is 19.5 Å². The third kappa shape index (κ3) is 3.11. The molecule has 0 aliphatic rings. The molecule has 0 aliphatic heterocycles. The zero-order valence-corrected chi connectivity index (χ0v) is 16.3. The predicted molar refractivity (Wildman–Crippen MR) is 116 cm³/mol. The Hall–Kier alpha value is -3.71. The number of thiophene rings is 1. The number of non-ortho nitro benzene ring substituents is 1. The average molecular weight is 400 g/mol. The smallest absolute Gasteiger partial charge is 0.269 e. The summed E-state index contributed by atoms with van der Waals surface area (Å²) in [6, 6.07) is 20.9. The van der Waals surface area contributed by atoms with Gasteiger partial charge in [-0.15, -0.1) is 11.3 Å². The molecule has 5 rings (SSSR count). The van der Waals surface area contributed by atoms with Gasteiger partial charge in [0.15, 0.2) is 0 Å². The second-order valence-corrected chi connectivity index (χ2v) is 7.89. The van der Waals surface area contributed by atoms with Gasteiger partial charge in [-0.3, -0.25) is 10.1 Å². The maximum atomic E-state index is 10.9. The molecule has 0 saturated heterocycles. The van der Waals surface area contributed by atoms with Crippen molar-refractivity contribution < 1.29 is 4.92 Å². The van der Waals surface area contributed by atoms with Crippen LogP contribution in [0.3, 0.4) is 0 Å². The van der Waals surface area contributed by atoms with E-state index in [4.69, 9.17) is 4.98 Å². The molecule has 2 aromatic carbocycles. The molecule has 0 radical (unpaired) electrons. The second kappa shape index (κ2) is 6.72. The van der Waals surface area contributed by atoms with Gasteiger partial charge < -0.3 is 9.55 Å². The molecule has 0 aliphatic carbocycles. The number of aromatic nitrogens is 3. The van der Waals surface area contributed by atoms with Crippen LogP contribution in [0.15, 0.2) is 72.9 Å². The third-order valence-electron chi connectivity index (χ3n) is 4.82. The van der Waals surface area contributed by atoms with E-state index in [-0.39, 0.29) is 10.6 Å². The van der Waals surface area contributed by atoms with E-state index in [1.165, 1.54) is 17.7 Å². The van der Waals surface area contributed by atoms with Gasteiger partial charge in [-0.05, 0) is 61.0 Å². The summed E-state index contributed by atoms with van der Waals surface area (Å²) in [5, 5.41) is 10.9. The number of benzene rings is 2. The highest BCUT2D eigenvalue weighted by Gasteiger charge is 2.13. The van der Waals surface area contributed by atoms with Crippen LogP contribution >= 0.6 is 11.3 Å². The van der Waals surface area contributed by atoms with E-state index in [1.54, 1.807) is 23.5 Å². The van der Waals surface area contributed by atoms with E-state index in [9.17, 15) is 10.1 Å². The van der Waals surface area contributed by atoms with E-state index in [1.807, 2.05) is 29.0 Å². The number of nitro groups is 1. The van der Waals surface area contributed by atoms with Crippen molar-refractivity contribution in [1.29, 1.82) is 0 Å². The number of hydrogen-bond acceptors (Lipinski definition) is 4. The van der Waals surface area contributed by atoms with Crippen molar-refractivity contribution in [2.45, 2.75) is 6.92 Å². The lowest BCUT2D eigenvalue weighted by Gasteiger charge is -2.07. The molecule has 6 nitrogen and oxygen atoms in total. The zero-order chi connectivity index (χ0) is 20.0. The van der Waals surface area contributed by atoms with Crippen LogP contribution in [-0.2, 0) is 0 Å². The Labute approximate surface area is 170 Å². The summed E-state index contributed by atoms with van der Waals surface area (Å²) in [7, 11) is 0. The average Bonchev–Trinajstić information content (AvgIpc) is 3.45. The standard InChI is InChI=1S/C22H16N4O2S/c1-14-4-9-17-18(13-14)24-22(23-17)21-11-10-20(29-21)19-3-2-12-25(19)15-5-7-16(8-6-15)26(27)28/h2-13H,1H3,(H,23,24). The molecule has 1 N–H and O–H groups in total. The summed E-state index contributed by atoms with van der Waals surface area (Å²) in [4.78, 5) is 20.8. The number of aryl methyl sites for hydroxylation is 1. The van der Waals surface area contributed by atoms with Gasteiger partial charge in [0.25, 0.3) is 5.69 Å². The molecule has 0 atom stereocenters. The molecule has 0 saturated carbocycles. The molecule has 0 amide bonds. The molecular formula is C22H16N4O2S. The second-order valence-electron chi connectivity index (χ2n) is 6.81. The van der Waals surface area contributed by atoms with Gasteiger partial charge in [0.1, 0.15) is 5.82 Å². The lowest BCUT2D eigenvalue weighted by Crippen LogP contribution is -1.95. The molecule has 29 heavy (non-hydrogen) atoms. The summed E-state index contributed by atoms with van der Waals surface area (Å²) in [5.41, 5.74) is 5.17. The van der Waals surface area contributed by atoms with Crippen LogP contribution in [0.2, 0.25) is 0 Å². The largest absolute Gasteiger partial charge is 0.337 e. The quantitative estimate of drug-likeness (QED) is 0.298. The maximum Gasteiger partial charge on any atom is 0.269 e. The van der Waals surface area contributed by atoms with Crippen molar-refractivity contribution in [3.63, 3.8) is 0 Å². The Kier molecular flexibility index (Phi) is 4.03. The highest BCUT2D eigenvalue weighted by Crippen LogP contribution is 2.35. The van der Waals surface area contributed by atoms with Gasteiger partial charge in [0, 0.05) is 24.0 Å². The molecule has 7 heteroatoms. The van der Waals surface area contributed by atoms with Gasteiger partial charge in [-0.1, -0.05) is 6.07 Å². The predicted octanol–water partition coefficient (Wildman–Crippen LogP) is 5.97. The van der Waals surface area contributed by atoms with E-state index in [2.05, 4.69) is 36.2 Å². The number of nitrogens with zero attached hydrogens (tertiary/aromatic N) is 3. The Bertz CT molecular complexity index is 1340. The number of hydrogen-bond donors (Lipinski definition) is 1. The third-order valence-corrected chi connectivity index (χ3v) is 5.93. The summed E-state index contributed by atoms with van der Waals surface area (Å²) in [6.45, 7) is 2.07. The van der Waals surface area contributed by atoms with Crippen molar-refractivity contribution in [1.82, 2.24) is 14.5 Å². The first-order chi connectivity index (χ1) is 14.1. The van der Waals surface area contributed by atoms with E-state index in [0.29, 0.717) is 0 Å². The molecular weight excluding hydrogens is 384 g/mol.